The van der Waals surface area contributed by atoms with Gasteiger partial charge < -0.3 is 15.4 Å². The molecule has 120 valence electrons. The Morgan fingerprint density at radius 2 is 1.74 bits per heavy atom. The van der Waals surface area contributed by atoms with Crippen molar-refractivity contribution in [3.8, 4) is 5.75 Å². The maximum Gasteiger partial charge on any atom is 0.258 e. The lowest BCUT2D eigenvalue weighted by Gasteiger charge is -2.09. The van der Waals surface area contributed by atoms with Gasteiger partial charge in [-0.25, -0.2) is 0 Å². The Kier molecular flexibility index (Phi) is 6.43. The second kappa shape index (κ2) is 8.55. The second-order valence-electron chi connectivity index (χ2n) is 4.52. The zero-order valence-corrected chi connectivity index (χ0v) is 14.4. The van der Waals surface area contributed by atoms with Crippen molar-refractivity contribution in [3.63, 3.8) is 0 Å². The third-order valence-electron chi connectivity index (χ3n) is 2.79. The molecule has 2 aromatic carbocycles. The Morgan fingerprint density at radius 3 is 2.48 bits per heavy atom. The zero-order valence-electron chi connectivity index (χ0n) is 12.0. The Bertz CT molecular complexity index is 709. The summed E-state index contributed by atoms with van der Waals surface area (Å²) in [5.41, 5.74) is 0.638. The van der Waals surface area contributed by atoms with Crippen LogP contribution in [0.25, 0.3) is 0 Å². The van der Waals surface area contributed by atoms with Gasteiger partial charge >= 0.3 is 0 Å². The van der Waals surface area contributed by atoms with Gasteiger partial charge in [0, 0.05) is 4.47 Å². The number of rotatable bonds is 6. The average Bonchev–Trinajstić information content (AvgIpc) is 2.54. The van der Waals surface area contributed by atoms with Crippen molar-refractivity contribution in [3.05, 3.63) is 58.0 Å². The minimum Gasteiger partial charge on any atom is -0.482 e. The van der Waals surface area contributed by atoms with E-state index in [-0.39, 0.29) is 19.1 Å². The van der Waals surface area contributed by atoms with Crippen LogP contribution in [0.15, 0.2) is 53.0 Å². The van der Waals surface area contributed by atoms with Gasteiger partial charge in [0.25, 0.3) is 5.91 Å². The molecule has 2 rings (SSSR count). The molecule has 0 saturated carbocycles. The van der Waals surface area contributed by atoms with Gasteiger partial charge in [0.1, 0.15) is 5.75 Å². The van der Waals surface area contributed by atoms with Crippen molar-refractivity contribution in [2.24, 2.45) is 0 Å². The maximum atomic E-state index is 11.8. The lowest BCUT2D eigenvalue weighted by Crippen LogP contribution is -2.35. The molecule has 0 bridgehead atoms. The Labute approximate surface area is 147 Å². The molecule has 0 aliphatic carbocycles. The molecule has 0 aliphatic rings. The predicted octanol–water partition coefficient (Wildman–Crippen LogP) is 3.24. The lowest BCUT2D eigenvalue weighted by atomic mass is 10.3. The summed E-state index contributed by atoms with van der Waals surface area (Å²) in [5.74, 6) is -0.322. The highest BCUT2D eigenvalue weighted by Crippen LogP contribution is 2.23. The molecule has 0 aromatic heterocycles. The van der Waals surface area contributed by atoms with E-state index in [2.05, 4.69) is 26.6 Å². The van der Waals surface area contributed by atoms with E-state index in [4.69, 9.17) is 16.3 Å². The van der Waals surface area contributed by atoms with Crippen LogP contribution in [0.4, 0.5) is 5.69 Å². The molecule has 0 heterocycles. The number of nitrogens with one attached hydrogen (secondary N) is 2. The van der Waals surface area contributed by atoms with Crippen molar-refractivity contribution in [1.29, 1.82) is 0 Å². The highest BCUT2D eigenvalue weighted by atomic mass is 79.9. The van der Waals surface area contributed by atoms with Crippen LogP contribution in [-0.4, -0.2) is 25.0 Å². The van der Waals surface area contributed by atoms with Gasteiger partial charge in [-0.2, -0.15) is 0 Å². The smallest absolute Gasteiger partial charge is 0.258 e. The molecule has 23 heavy (non-hydrogen) atoms. The number of halogens is 2. The fourth-order valence-corrected chi connectivity index (χ4v) is 2.27. The van der Waals surface area contributed by atoms with Gasteiger partial charge in [-0.05, 0) is 40.2 Å². The third-order valence-corrected chi connectivity index (χ3v) is 3.79. The number of hydrogen-bond donors (Lipinski definition) is 2. The second-order valence-corrected chi connectivity index (χ2v) is 5.79. The number of carbonyl (C=O) groups is 2. The number of para-hydroxylation sites is 2. The number of benzene rings is 2. The van der Waals surface area contributed by atoms with Crippen LogP contribution in [0.1, 0.15) is 0 Å². The summed E-state index contributed by atoms with van der Waals surface area (Å²) in [6, 6.07) is 14.1. The maximum absolute atomic E-state index is 11.8. The highest BCUT2D eigenvalue weighted by molar-refractivity contribution is 9.10. The quantitative estimate of drug-likeness (QED) is 0.786. The monoisotopic (exact) mass is 396 g/mol. The summed E-state index contributed by atoms with van der Waals surface area (Å²) >= 11 is 9.24. The number of hydrogen-bond acceptors (Lipinski definition) is 3. The molecule has 0 unspecified atom stereocenters. The molecule has 0 saturated heterocycles. The van der Waals surface area contributed by atoms with Crippen LogP contribution in [0.3, 0.4) is 0 Å². The topological polar surface area (TPSA) is 67.4 Å². The molecule has 0 aliphatic heterocycles. The van der Waals surface area contributed by atoms with Gasteiger partial charge in [0.05, 0.1) is 17.3 Å². The first-order chi connectivity index (χ1) is 11.1. The largest absolute Gasteiger partial charge is 0.482 e. The first-order valence-corrected chi connectivity index (χ1v) is 7.92. The zero-order chi connectivity index (χ0) is 16.7. The van der Waals surface area contributed by atoms with Gasteiger partial charge in [0.15, 0.2) is 6.61 Å². The Balaban J connectivity index is 1.75. The normalized spacial score (nSPS) is 10.0. The minimum atomic E-state index is -0.410. The molecule has 0 radical (unpaired) electrons. The van der Waals surface area contributed by atoms with E-state index in [9.17, 15) is 9.59 Å². The molecule has 2 amide bonds. The average molecular weight is 398 g/mol. The van der Waals surface area contributed by atoms with Crippen molar-refractivity contribution in [2.45, 2.75) is 0 Å². The van der Waals surface area contributed by atoms with Crippen molar-refractivity contribution in [1.82, 2.24) is 5.32 Å². The molecule has 2 aromatic rings. The molecular weight excluding hydrogens is 384 g/mol. The standard InChI is InChI=1S/C16H14BrClN2O3/c17-11-5-1-3-7-13(11)20-15(21)9-19-16(22)10-23-14-8-4-2-6-12(14)18/h1-8H,9-10H2,(H,19,22)(H,20,21). The Hall–Kier alpha value is -2.05. The molecule has 0 atom stereocenters. The van der Waals surface area contributed by atoms with Crippen LogP contribution in [0, 0.1) is 0 Å². The fraction of sp³-hybridized carbons (Fsp3) is 0.125. The van der Waals surface area contributed by atoms with Crippen LogP contribution in [0.2, 0.25) is 5.02 Å². The van der Waals surface area contributed by atoms with Crippen LogP contribution >= 0.6 is 27.5 Å². The van der Waals surface area contributed by atoms with Gasteiger partial charge in [0.2, 0.25) is 5.91 Å². The molecular formula is C16H14BrClN2O3. The summed E-state index contributed by atoms with van der Waals surface area (Å²) in [5, 5.41) is 5.59. The SMILES string of the molecule is O=C(COc1ccccc1Cl)NCC(=O)Nc1ccccc1Br. The highest BCUT2D eigenvalue weighted by Gasteiger charge is 2.09. The third kappa shape index (κ3) is 5.58. The van der Waals surface area contributed by atoms with E-state index >= 15 is 0 Å². The summed E-state index contributed by atoms with van der Waals surface area (Å²) in [4.78, 5) is 23.5. The van der Waals surface area contributed by atoms with Crippen LogP contribution in [-0.2, 0) is 9.59 Å². The predicted molar refractivity (Wildman–Crippen MR) is 92.7 cm³/mol. The minimum absolute atomic E-state index is 0.147. The number of ether oxygens (including phenoxy) is 1. The van der Waals surface area contributed by atoms with Crippen molar-refractivity contribution in [2.75, 3.05) is 18.5 Å². The Morgan fingerprint density at radius 1 is 1.04 bits per heavy atom. The van der Waals surface area contributed by atoms with Gasteiger partial charge in [-0.3, -0.25) is 9.59 Å². The number of carbonyl (C=O) groups excluding carboxylic acids is 2. The fourth-order valence-electron chi connectivity index (χ4n) is 1.69. The number of amides is 2. The number of anilines is 1. The van der Waals surface area contributed by atoms with E-state index in [0.29, 0.717) is 16.5 Å². The summed E-state index contributed by atoms with van der Waals surface area (Å²) in [7, 11) is 0. The first kappa shape index (κ1) is 17.3. The van der Waals surface area contributed by atoms with E-state index in [0.717, 1.165) is 4.47 Å². The summed E-state index contributed by atoms with van der Waals surface area (Å²) in [6.07, 6.45) is 0. The van der Waals surface area contributed by atoms with Gasteiger partial charge in [-0.15, -0.1) is 0 Å². The van der Waals surface area contributed by atoms with Crippen LogP contribution in [0.5, 0.6) is 5.75 Å². The van der Waals surface area contributed by atoms with Crippen LogP contribution < -0.4 is 15.4 Å². The molecule has 2 N–H and O–H groups in total. The molecule has 0 spiro atoms. The van der Waals surface area contributed by atoms with E-state index in [1.165, 1.54) is 0 Å². The molecule has 0 fully saturated rings. The molecule has 7 heteroatoms. The lowest BCUT2D eigenvalue weighted by molar-refractivity contribution is -0.125. The molecule has 5 nitrogen and oxygen atoms in total. The van der Waals surface area contributed by atoms with Crippen molar-refractivity contribution < 1.29 is 14.3 Å². The van der Waals surface area contributed by atoms with Crippen molar-refractivity contribution >= 4 is 45.0 Å². The van der Waals surface area contributed by atoms with E-state index < -0.39 is 5.91 Å². The van der Waals surface area contributed by atoms with Gasteiger partial charge in [-0.1, -0.05) is 35.9 Å². The van der Waals surface area contributed by atoms with E-state index in [1.54, 1.807) is 36.4 Å². The summed E-state index contributed by atoms with van der Waals surface area (Å²) < 4.78 is 6.05. The summed E-state index contributed by atoms with van der Waals surface area (Å²) in [6.45, 7) is -0.363. The first-order valence-electron chi connectivity index (χ1n) is 6.74. The van der Waals surface area contributed by atoms with E-state index in [1.807, 2.05) is 12.1 Å².